The highest BCUT2D eigenvalue weighted by molar-refractivity contribution is 5.87. The Morgan fingerprint density at radius 1 is 1.17 bits per heavy atom. The molecule has 1 atom stereocenters. The van der Waals surface area contributed by atoms with Crippen molar-refractivity contribution in [3.8, 4) is 11.3 Å². The maximum atomic E-state index is 13.8. The summed E-state index contributed by atoms with van der Waals surface area (Å²) < 4.78 is 32.3. The number of benzene rings is 2. The zero-order valence-electron chi connectivity index (χ0n) is 16.1. The Balaban J connectivity index is 1.53. The maximum Gasteiger partial charge on any atom is 0.316 e. The first-order chi connectivity index (χ1) is 14.3. The van der Waals surface area contributed by atoms with E-state index in [1.54, 1.807) is 24.3 Å². The van der Waals surface area contributed by atoms with Gasteiger partial charge in [-0.05, 0) is 36.8 Å². The second kappa shape index (κ2) is 9.17. The van der Waals surface area contributed by atoms with Gasteiger partial charge < -0.3 is 20.8 Å². The van der Waals surface area contributed by atoms with E-state index in [-0.39, 0.29) is 42.0 Å². The van der Waals surface area contributed by atoms with Crippen molar-refractivity contribution in [3.05, 3.63) is 71.8 Å². The van der Waals surface area contributed by atoms with Crippen molar-refractivity contribution in [1.82, 2.24) is 10.3 Å². The van der Waals surface area contributed by atoms with Gasteiger partial charge in [-0.1, -0.05) is 12.1 Å². The molecule has 1 aromatic heterocycles. The van der Waals surface area contributed by atoms with Gasteiger partial charge >= 0.3 is 6.03 Å². The predicted molar refractivity (Wildman–Crippen MR) is 106 cm³/mol. The highest BCUT2D eigenvalue weighted by Gasteiger charge is 2.14. The molecule has 30 heavy (non-hydrogen) atoms. The smallest absolute Gasteiger partial charge is 0.316 e. The Bertz CT molecular complexity index is 1050. The summed E-state index contributed by atoms with van der Waals surface area (Å²) in [5.74, 6) is -1.20. The fraction of sp³-hybridized carbons (Fsp3) is 0.190. The van der Waals surface area contributed by atoms with Gasteiger partial charge in [0.25, 0.3) is 0 Å². The monoisotopic (exact) mass is 414 g/mol. The predicted octanol–water partition coefficient (Wildman–Crippen LogP) is 3.92. The molecule has 1 heterocycles. The quantitative estimate of drug-likeness (QED) is 0.544. The van der Waals surface area contributed by atoms with Gasteiger partial charge in [-0.25, -0.2) is 18.6 Å². The summed E-state index contributed by atoms with van der Waals surface area (Å²) in [6.07, 6.45) is 1.69. The van der Waals surface area contributed by atoms with Crippen molar-refractivity contribution in [2.24, 2.45) is 5.73 Å². The third-order valence-corrected chi connectivity index (χ3v) is 4.37. The molecule has 156 valence electrons. The highest BCUT2D eigenvalue weighted by atomic mass is 19.1. The fourth-order valence-electron chi connectivity index (χ4n) is 2.85. The molecule has 0 saturated carbocycles. The summed E-state index contributed by atoms with van der Waals surface area (Å²) in [5, 5.41) is 5.32. The number of oxazole rings is 1. The van der Waals surface area contributed by atoms with Crippen LogP contribution < -0.4 is 16.4 Å². The first kappa shape index (κ1) is 21.0. The third-order valence-electron chi connectivity index (χ3n) is 4.37. The van der Waals surface area contributed by atoms with E-state index in [0.29, 0.717) is 5.69 Å². The maximum absolute atomic E-state index is 13.8. The minimum absolute atomic E-state index is 0.0995. The van der Waals surface area contributed by atoms with Crippen molar-refractivity contribution in [1.29, 1.82) is 0 Å². The SMILES string of the molecule is CC(NC(=O)CCc1ncc(-c2ccc(F)cc2F)o1)c1ccc(NC(N)=O)cc1. The summed E-state index contributed by atoms with van der Waals surface area (Å²) in [6, 6.07) is 9.18. The van der Waals surface area contributed by atoms with Gasteiger partial charge in [-0.15, -0.1) is 0 Å². The van der Waals surface area contributed by atoms with Gasteiger partial charge in [-0.2, -0.15) is 0 Å². The second-order valence-electron chi connectivity index (χ2n) is 6.64. The lowest BCUT2D eigenvalue weighted by molar-refractivity contribution is -0.121. The number of anilines is 1. The molecule has 4 N–H and O–H groups in total. The average molecular weight is 414 g/mol. The van der Waals surface area contributed by atoms with Gasteiger partial charge in [0.05, 0.1) is 17.8 Å². The van der Waals surface area contributed by atoms with E-state index in [2.05, 4.69) is 15.6 Å². The number of urea groups is 1. The standard InChI is InChI=1S/C21H20F2N4O3/c1-12(13-2-5-15(6-3-13)27-21(24)29)26-19(28)8-9-20-25-11-18(30-20)16-7-4-14(22)10-17(16)23/h2-7,10-12H,8-9H2,1H3,(H,26,28)(H3,24,27,29). The Morgan fingerprint density at radius 3 is 2.57 bits per heavy atom. The van der Waals surface area contributed by atoms with Crippen molar-refractivity contribution in [2.45, 2.75) is 25.8 Å². The van der Waals surface area contributed by atoms with Crippen molar-refractivity contribution < 1.29 is 22.8 Å². The second-order valence-corrected chi connectivity index (χ2v) is 6.64. The molecule has 0 bridgehead atoms. The molecule has 0 aliphatic carbocycles. The lowest BCUT2D eigenvalue weighted by atomic mass is 10.1. The molecule has 3 rings (SSSR count). The van der Waals surface area contributed by atoms with E-state index in [0.717, 1.165) is 17.7 Å². The number of primary amides is 1. The van der Waals surface area contributed by atoms with Crippen LogP contribution in [0.2, 0.25) is 0 Å². The number of carbonyl (C=O) groups excluding carboxylic acids is 2. The number of aryl methyl sites for hydroxylation is 1. The van der Waals surface area contributed by atoms with Crippen LogP contribution in [0.25, 0.3) is 11.3 Å². The van der Waals surface area contributed by atoms with Crippen molar-refractivity contribution in [2.75, 3.05) is 5.32 Å². The number of halogens is 2. The minimum atomic E-state index is -0.749. The minimum Gasteiger partial charge on any atom is -0.441 e. The Labute approximate surface area is 171 Å². The number of aromatic nitrogens is 1. The van der Waals surface area contributed by atoms with E-state index in [1.165, 1.54) is 12.3 Å². The van der Waals surface area contributed by atoms with Gasteiger partial charge in [-0.3, -0.25) is 4.79 Å². The lowest BCUT2D eigenvalue weighted by Crippen LogP contribution is -2.26. The van der Waals surface area contributed by atoms with Crippen LogP contribution in [-0.4, -0.2) is 16.9 Å². The largest absolute Gasteiger partial charge is 0.441 e. The summed E-state index contributed by atoms with van der Waals surface area (Å²) in [7, 11) is 0. The Hall–Kier alpha value is -3.75. The molecule has 1 unspecified atom stereocenters. The molecule has 3 amide bonds. The van der Waals surface area contributed by atoms with E-state index in [9.17, 15) is 18.4 Å². The third kappa shape index (κ3) is 5.40. The number of carbonyl (C=O) groups is 2. The topological polar surface area (TPSA) is 110 Å². The number of rotatable bonds is 7. The van der Waals surface area contributed by atoms with Crippen LogP contribution in [-0.2, 0) is 11.2 Å². The number of hydrogen-bond acceptors (Lipinski definition) is 4. The molecular formula is C21H20F2N4O3. The molecule has 9 heteroatoms. The van der Waals surface area contributed by atoms with Crippen LogP contribution >= 0.6 is 0 Å². The summed E-state index contributed by atoms with van der Waals surface area (Å²) in [5.41, 5.74) is 6.57. The van der Waals surface area contributed by atoms with E-state index < -0.39 is 17.7 Å². The zero-order chi connectivity index (χ0) is 21.7. The number of hydrogen-bond donors (Lipinski definition) is 3. The van der Waals surface area contributed by atoms with Crippen LogP contribution in [0.4, 0.5) is 19.3 Å². The molecule has 0 aliphatic rings. The fourth-order valence-corrected chi connectivity index (χ4v) is 2.85. The lowest BCUT2D eigenvalue weighted by Gasteiger charge is -2.14. The zero-order valence-corrected chi connectivity index (χ0v) is 16.1. The molecule has 7 nitrogen and oxygen atoms in total. The Morgan fingerprint density at radius 2 is 1.90 bits per heavy atom. The summed E-state index contributed by atoms with van der Waals surface area (Å²) in [6.45, 7) is 1.83. The first-order valence-electron chi connectivity index (χ1n) is 9.17. The van der Waals surface area contributed by atoms with Gasteiger partial charge in [0, 0.05) is 24.6 Å². The first-order valence-corrected chi connectivity index (χ1v) is 9.17. The van der Waals surface area contributed by atoms with E-state index in [1.807, 2.05) is 6.92 Å². The molecule has 0 saturated heterocycles. The Kier molecular flexibility index (Phi) is 6.41. The number of nitrogens with two attached hydrogens (primary N) is 1. The van der Waals surface area contributed by atoms with Gasteiger partial charge in [0.15, 0.2) is 11.7 Å². The molecule has 0 radical (unpaired) electrons. The van der Waals surface area contributed by atoms with Crippen LogP contribution in [0.5, 0.6) is 0 Å². The van der Waals surface area contributed by atoms with Gasteiger partial charge in [0.1, 0.15) is 11.6 Å². The molecule has 2 aromatic carbocycles. The highest BCUT2D eigenvalue weighted by Crippen LogP contribution is 2.24. The molecule has 0 spiro atoms. The van der Waals surface area contributed by atoms with Gasteiger partial charge in [0.2, 0.25) is 5.91 Å². The van der Waals surface area contributed by atoms with Crippen LogP contribution in [0, 0.1) is 11.6 Å². The van der Waals surface area contributed by atoms with Crippen molar-refractivity contribution >= 4 is 17.6 Å². The number of amides is 3. The van der Waals surface area contributed by atoms with E-state index in [4.69, 9.17) is 10.2 Å². The van der Waals surface area contributed by atoms with Crippen molar-refractivity contribution in [3.63, 3.8) is 0 Å². The number of nitrogens with zero attached hydrogens (tertiary/aromatic N) is 1. The average Bonchev–Trinajstić information content (AvgIpc) is 3.15. The molecule has 0 aliphatic heterocycles. The molecule has 0 fully saturated rings. The van der Waals surface area contributed by atoms with Crippen LogP contribution in [0.1, 0.15) is 30.8 Å². The summed E-state index contributed by atoms with van der Waals surface area (Å²) >= 11 is 0. The molecular weight excluding hydrogens is 394 g/mol. The van der Waals surface area contributed by atoms with E-state index >= 15 is 0 Å². The van der Waals surface area contributed by atoms with Crippen LogP contribution in [0.15, 0.2) is 53.1 Å². The summed E-state index contributed by atoms with van der Waals surface area (Å²) in [4.78, 5) is 27.1. The number of nitrogens with one attached hydrogen (secondary N) is 2. The van der Waals surface area contributed by atoms with Crippen LogP contribution in [0.3, 0.4) is 0 Å². The normalized spacial score (nSPS) is 11.7. The molecule has 3 aromatic rings.